The molecule has 0 aliphatic carbocycles. The number of carbonyl (C=O) groups is 2. The summed E-state index contributed by atoms with van der Waals surface area (Å²) in [5.74, 6) is 0. The van der Waals surface area contributed by atoms with E-state index in [9.17, 15) is 14.0 Å². The van der Waals surface area contributed by atoms with Crippen molar-refractivity contribution in [3.05, 3.63) is 0 Å². The zero-order chi connectivity index (χ0) is 17.1. The molecule has 21 heavy (non-hydrogen) atoms. The summed E-state index contributed by atoms with van der Waals surface area (Å²) in [6, 6.07) is 0.171. The van der Waals surface area contributed by atoms with E-state index in [0.29, 0.717) is 6.61 Å². The number of alkyl carbamates (subject to hydrolysis) is 2. The third kappa shape index (κ3) is 20.9. The molecule has 0 aromatic carbocycles. The maximum atomic E-state index is 12.8. The first-order valence-corrected chi connectivity index (χ1v) is 7.03. The highest BCUT2D eigenvalue weighted by molar-refractivity contribution is 5.67. The molecule has 0 fully saturated rings. The molecule has 0 aliphatic rings. The molecule has 0 atom stereocenters. The molecule has 126 valence electrons. The highest BCUT2D eigenvalue weighted by Crippen LogP contribution is 2.07. The zero-order valence-electron chi connectivity index (χ0n) is 14.1. The number of nitrogens with one attached hydrogen (secondary N) is 2. The third-order valence-electron chi connectivity index (χ3n) is 1.63. The highest BCUT2D eigenvalue weighted by Gasteiger charge is 2.18. The second-order valence-corrected chi connectivity index (χ2v) is 5.61. The summed E-state index contributed by atoms with van der Waals surface area (Å²) >= 11 is 0. The summed E-state index contributed by atoms with van der Waals surface area (Å²) in [4.78, 5) is 21.3. The van der Waals surface area contributed by atoms with E-state index in [1.165, 1.54) is 13.8 Å². The van der Waals surface area contributed by atoms with Crippen LogP contribution >= 0.6 is 0 Å². The molecule has 2 N–H and O–H groups in total. The number of ether oxygens (including phenoxy) is 2. The van der Waals surface area contributed by atoms with E-state index in [1.54, 1.807) is 6.92 Å². The summed E-state index contributed by atoms with van der Waals surface area (Å²) in [6.07, 6.45) is -0.914. The molecule has 0 aromatic rings. The lowest BCUT2D eigenvalue weighted by Gasteiger charge is -2.15. The van der Waals surface area contributed by atoms with Crippen molar-refractivity contribution >= 4 is 12.2 Å². The molecule has 0 aromatic heterocycles. The molecule has 7 heteroatoms. The van der Waals surface area contributed by atoms with Gasteiger partial charge in [0, 0.05) is 12.1 Å². The Balaban J connectivity index is 0. The number of rotatable bonds is 5. The van der Waals surface area contributed by atoms with Crippen molar-refractivity contribution in [1.82, 2.24) is 10.6 Å². The number of amides is 2. The molecule has 0 aliphatic heterocycles. The number of hydrogen-bond acceptors (Lipinski definition) is 4. The fraction of sp³-hybridized carbons (Fsp3) is 0.857. The van der Waals surface area contributed by atoms with E-state index in [4.69, 9.17) is 0 Å². The number of alkyl halides is 1. The van der Waals surface area contributed by atoms with Crippen LogP contribution in [0.2, 0.25) is 0 Å². The summed E-state index contributed by atoms with van der Waals surface area (Å²) in [6.45, 7) is 12.1. The van der Waals surface area contributed by atoms with Gasteiger partial charge in [0.25, 0.3) is 0 Å². The summed E-state index contributed by atoms with van der Waals surface area (Å²) in [5, 5.41) is 5.07. The fourth-order valence-electron chi connectivity index (χ4n) is 0.923. The minimum atomic E-state index is -1.46. The summed E-state index contributed by atoms with van der Waals surface area (Å²) < 4.78 is 22.0. The maximum absolute atomic E-state index is 12.8. The molecule has 0 bridgehead atoms. The molecule has 0 saturated carbocycles. The lowest BCUT2D eigenvalue weighted by Crippen LogP contribution is -2.34. The molecule has 0 unspecified atom stereocenters. The van der Waals surface area contributed by atoms with Gasteiger partial charge in [-0.15, -0.1) is 0 Å². The van der Waals surface area contributed by atoms with Crippen LogP contribution in [0, 0.1) is 0 Å². The Morgan fingerprint density at radius 1 is 1.00 bits per heavy atom. The Morgan fingerprint density at radius 3 is 1.67 bits per heavy atom. The maximum Gasteiger partial charge on any atom is 0.407 e. The molecule has 0 heterocycles. The Kier molecular flexibility index (Phi) is 11.6. The van der Waals surface area contributed by atoms with Crippen LogP contribution in [0.15, 0.2) is 0 Å². The van der Waals surface area contributed by atoms with Crippen LogP contribution in [-0.2, 0) is 9.47 Å². The van der Waals surface area contributed by atoms with Crippen LogP contribution in [-0.4, -0.2) is 43.2 Å². The first-order valence-electron chi connectivity index (χ1n) is 7.03. The van der Waals surface area contributed by atoms with Gasteiger partial charge in [-0.2, -0.15) is 0 Å². The second kappa shape index (κ2) is 11.2. The van der Waals surface area contributed by atoms with Gasteiger partial charge >= 0.3 is 12.2 Å². The average Bonchev–Trinajstić information content (AvgIpc) is 2.24. The van der Waals surface area contributed by atoms with E-state index in [0.717, 1.165) is 0 Å². The van der Waals surface area contributed by atoms with Crippen molar-refractivity contribution in [1.29, 1.82) is 0 Å². The van der Waals surface area contributed by atoms with Gasteiger partial charge in [0.05, 0.1) is 6.61 Å². The largest absolute Gasteiger partial charge is 0.450 e. The smallest absolute Gasteiger partial charge is 0.407 e. The first kappa shape index (κ1) is 21.8. The molecule has 2 amide bonds. The zero-order valence-corrected chi connectivity index (χ0v) is 14.1. The Morgan fingerprint density at radius 2 is 1.38 bits per heavy atom. The van der Waals surface area contributed by atoms with Gasteiger partial charge in [0.15, 0.2) is 0 Å². The van der Waals surface area contributed by atoms with Crippen molar-refractivity contribution in [2.75, 3.05) is 13.2 Å². The SMILES string of the molecule is CC(C)NC(=O)OCC(C)(C)F.CCOC(=O)NC(C)C. The van der Waals surface area contributed by atoms with E-state index in [1.807, 2.05) is 27.7 Å². The molecule has 6 nitrogen and oxygen atoms in total. The van der Waals surface area contributed by atoms with Crippen molar-refractivity contribution in [2.24, 2.45) is 0 Å². The fourth-order valence-corrected chi connectivity index (χ4v) is 0.923. The Labute approximate surface area is 126 Å². The predicted octanol–water partition coefficient (Wildman–Crippen LogP) is 3.01. The molecule has 0 rings (SSSR count). The van der Waals surface area contributed by atoms with Crippen molar-refractivity contribution in [3.8, 4) is 0 Å². The van der Waals surface area contributed by atoms with E-state index >= 15 is 0 Å². The predicted molar refractivity (Wildman–Crippen MR) is 80.1 cm³/mol. The van der Waals surface area contributed by atoms with Gasteiger partial charge in [0.2, 0.25) is 0 Å². The lowest BCUT2D eigenvalue weighted by molar-refractivity contribution is 0.0705. The van der Waals surface area contributed by atoms with Crippen molar-refractivity contribution < 1.29 is 23.5 Å². The number of hydrogen-bond donors (Lipinski definition) is 2. The highest BCUT2D eigenvalue weighted by atomic mass is 19.1. The molecule has 0 radical (unpaired) electrons. The minimum Gasteiger partial charge on any atom is -0.450 e. The van der Waals surface area contributed by atoms with E-state index < -0.39 is 11.8 Å². The Hall–Kier alpha value is -1.53. The van der Waals surface area contributed by atoms with Gasteiger partial charge in [0.1, 0.15) is 12.3 Å². The quantitative estimate of drug-likeness (QED) is 0.818. The molecular formula is C14H29FN2O4. The van der Waals surface area contributed by atoms with Gasteiger partial charge in [-0.05, 0) is 48.5 Å². The van der Waals surface area contributed by atoms with Crippen LogP contribution in [0.4, 0.5) is 14.0 Å². The normalized spacial score (nSPS) is 10.6. The van der Waals surface area contributed by atoms with E-state index in [2.05, 4.69) is 20.1 Å². The average molecular weight is 308 g/mol. The Bertz CT molecular complexity index is 302. The van der Waals surface area contributed by atoms with Gasteiger partial charge in [-0.25, -0.2) is 14.0 Å². The van der Waals surface area contributed by atoms with Gasteiger partial charge in [-0.3, -0.25) is 0 Å². The van der Waals surface area contributed by atoms with Crippen molar-refractivity contribution in [3.63, 3.8) is 0 Å². The van der Waals surface area contributed by atoms with Crippen LogP contribution in [0.3, 0.4) is 0 Å². The van der Waals surface area contributed by atoms with Gasteiger partial charge < -0.3 is 20.1 Å². The standard InChI is InChI=1S/C8H16FNO2.C6H13NO2/c1-6(2)10-7(11)12-5-8(3,4)9;1-4-9-6(8)7-5(2)3/h6H,5H2,1-4H3,(H,10,11);5H,4H2,1-3H3,(H,7,8). The van der Waals surface area contributed by atoms with Crippen LogP contribution in [0.25, 0.3) is 0 Å². The summed E-state index contributed by atoms with van der Waals surface area (Å²) in [5.41, 5.74) is -1.46. The number of halogens is 1. The first-order chi connectivity index (χ1) is 9.47. The lowest BCUT2D eigenvalue weighted by atomic mass is 10.2. The van der Waals surface area contributed by atoms with Gasteiger partial charge in [-0.1, -0.05) is 0 Å². The van der Waals surface area contributed by atoms with Crippen LogP contribution in [0.5, 0.6) is 0 Å². The monoisotopic (exact) mass is 308 g/mol. The van der Waals surface area contributed by atoms with Crippen LogP contribution < -0.4 is 10.6 Å². The minimum absolute atomic E-state index is 0.0141. The third-order valence-corrected chi connectivity index (χ3v) is 1.63. The van der Waals surface area contributed by atoms with E-state index in [-0.39, 0.29) is 24.8 Å². The van der Waals surface area contributed by atoms with Crippen LogP contribution in [0.1, 0.15) is 48.5 Å². The molecule has 0 spiro atoms. The van der Waals surface area contributed by atoms with Crippen molar-refractivity contribution in [2.45, 2.75) is 66.2 Å². The molecular weight excluding hydrogens is 279 g/mol. The second-order valence-electron chi connectivity index (χ2n) is 5.61. The summed E-state index contributed by atoms with van der Waals surface area (Å²) in [7, 11) is 0. The molecule has 0 saturated heterocycles. The topological polar surface area (TPSA) is 76.7 Å². The number of carbonyl (C=O) groups excluding carboxylic acids is 2.